The summed E-state index contributed by atoms with van der Waals surface area (Å²) < 4.78 is 8.88. The minimum atomic E-state index is -4.64. The first-order valence-electron chi connectivity index (χ1n) is 0.783. The van der Waals surface area contributed by atoms with E-state index in [0.717, 1.165) is 0 Å². The average Bonchev–Trinajstić information content (AvgIpc) is 0.722. The van der Waals surface area contributed by atoms with Crippen LogP contribution in [0.2, 0.25) is 0 Å². The van der Waals surface area contributed by atoms with Gasteiger partial charge in [0.05, 0.1) is 0 Å². The summed E-state index contributed by atoms with van der Waals surface area (Å²) >= 11 is 0. The van der Waals surface area contributed by atoms with E-state index in [1.165, 1.54) is 0 Å². The zero-order chi connectivity index (χ0) is 4.50. The summed E-state index contributed by atoms with van der Waals surface area (Å²) in [7, 11) is -4.64. The molecule has 4 nitrogen and oxygen atoms in total. The number of hydrogen-bond acceptors (Lipinski definition) is 1. The average molecular weight is 290 g/mol. The van der Waals surface area contributed by atoms with Crippen LogP contribution in [0, 0.1) is 49.4 Å². The molecule has 0 bridgehead atoms. The van der Waals surface area contributed by atoms with Gasteiger partial charge in [0.15, 0.2) is 0 Å². The van der Waals surface area contributed by atoms with Crippen molar-refractivity contribution in [3.63, 3.8) is 0 Å². The van der Waals surface area contributed by atoms with Crippen molar-refractivity contribution >= 4 is 7.82 Å². The summed E-state index contributed by atoms with van der Waals surface area (Å²) in [5, 5.41) is 0. The van der Waals surface area contributed by atoms with Crippen LogP contribution in [0.1, 0.15) is 1.43 Å². The van der Waals surface area contributed by atoms with Gasteiger partial charge < -0.3 is 16.1 Å². The Hall–Kier alpha value is 3.33. The molecule has 0 aromatic heterocycles. The van der Waals surface area contributed by atoms with Crippen LogP contribution in [0.5, 0.6) is 0 Å². The molecule has 0 aromatic rings. The minimum absolute atomic E-state index is 0. The Kier molecular flexibility index (Phi) is 17.8. The van der Waals surface area contributed by atoms with Gasteiger partial charge >= 0.3 is 59.2 Å². The predicted octanol–water partition coefficient (Wildman–Crippen LogP) is -3.81. The molecule has 0 aliphatic carbocycles. The molecular formula is H4EuKO4P. The maximum Gasteiger partial charge on any atom is 1.00 e. The zero-order valence-electron chi connectivity index (χ0n) is 4.58. The molecule has 0 saturated heterocycles. The molecule has 0 atom stereocenters. The van der Waals surface area contributed by atoms with Gasteiger partial charge in [0.2, 0.25) is 0 Å². The van der Waals surface area contributed by atoms with E-state index >= 15 is 0 Å². The topological polar surface area (TPSA) is 77.8 Å². The SMILES string of the molecule is O=P(O)(O)O.[Eu].[H-].[K+]. The molecule has 0 rings (SSSR count). The fourth-order valence-corrected chi connectivity index (χ4v) is 0. The van der Waals surface area contributed by atoms with E-state index < -0.39 is 7.82 Å². The van der Waals surface area contributed by atoms with Gasteiger partial charge in [-0.2, -0.15) is 0 Å². The monoisotopic (exact) mass is 291 g/mol. The molecule has 0 saturated carbocycles. The van der Waals surface area contributed by atoms with Crippen LogP contribution in [0.3, 0.4) is 0 Å². The Balaban J connectivity index is -0.0000000267. The zero-order valence-corrected chi connectivity index (χ0v) is 10.0. The molecular weight excluding hydrogens is 286 g/mol. The van der Waals surface area contributed by atoms with Crippen LogP contribution in [0.15, 0.2) is 0 Å². The second kappa shape index (κ2) is 7.44. The summed E-state index contributed by atoms with van der Waals surface area (Å²) in [4.78, 5) is 21.6. The number of phosphoric acid groups is 1. The van der Waals surface area contributed by atoms with E-state index in [9.17, 15) is 0 Å². The summed E-state index contributed by atoms with van der Waals surface area (Å²) in [5.74, 6) is 0. The first-order valence-corrected chi connectivity index (χ1v) is 2.35. The third-order valence-corrected chi connectivity index (χ3v) is 0. The van der Waals surface area contributed by atoms with Gasteiger partial charge in [0, 0.05) is 49.4 Å². The molecule has 0 heterocycles. The van der Waals surface area contributed by atoms with E-state index in [-0.39, 0.29) is 102 Å². The van der Waals surface area contributed by atoms with Crippen molar-refractivity contribution in [2.75, 3.05) is 0 Å². The van der Waals surface area contributed by atoms with E-state index in [1.54, 1.807) is 0 Å². The Bertz CT molecular complexity index is 62.2. The van der Waals surface area contributed by atoms with Gasteiger partial charge in [-0.05, 0) is 0 Å². The quantitative estimate of drug-likeness (QED) is 0.316. The molecule has 1 radical (unpaired) electrons. The third-order valence-electron chi connectivity index (χ3n) is 0. The predicted molar refractivity (Wildman–Crippen MR) is 15.4 cm³/mol. The Morgan fingerprint density at radius 3 is 1.29 bits per heavy atom. The maximum atomic E-state index is 8.88. The molecule has 0 aromatic carbocycles. The molecule has 0 aliphatic rings. The van der Waals surface area contributed by atoms with Crippen molar-refractivity contribution in [2.24, 2.45) is 0 Å². The first kappa shape index (κ1) is 16.7. The van der Waals surface area contributed by atoms with Crippen molar-refractivity contribution in [3.05, 3.63) is 0 Å². The number of rotatable bonds is 0. The van der Waals surface area contributed by atoms with Crippen molar-refractivity contribution in [3.8, 4) is 0 Å². The summed E-state index contributed by atoms with van der Waals surface area (Å²) in [6.45, 7) is 0. The summed E-state index contributed by atoms with van der Waals surface area (Å²) in [6.07, 6.45) is 0. The van der Waals surface area contributed by atoms with E-state index in [4.69, 9.17) is 19.2 Å². The van der Waals surface area contributed by atoms with Crippen LogP contribution in [-0.2, 0) is 4.57 Å². The van der Waals surface area contributed by atoms with Gasteiger partial charge in [-0.1, -0.05) is 0 Å². The summed E-state index contributed by atoms with van der Waals surface area (Å²) in [6, 6.07) is 0. The van der Waals surface area contributed by atoms with Gasteiger partial charge in [-0.25, -0.2) is 4.57 Å². The second-order valence-electron chi connectivity index (χ2n) is 0.513. The molecule has 0 aliphatic heterocycles. The van der Waals surface area contributed by atoms with Gasteiger partial charge in [-0.3, -0.25) is 0 Å². The first-order chi connectivity index (χ1) is 2.00. The fraction of sp³-hybridized carbons (Fsp3) is 0. The maximum absolute atomic E-state index is 8.88. The molecule has 3 N–H and O–H groups in total. The van der Waals surface area contributed by atoms with Crippen LogP contribution < -0.4 is 51.4 Å². The van der Waals surface area contributed by atoms with E-state index in [1.807, 2.05) is 0 Å². The van der Waals surface area contributed by atoms with Crippen LogP contribution in [0.25, 0.3) is 0 Å². The molecule has 7 heteroatoms. The molecule has 41 valence electrons. The molecule has 0 amide bonds. The van der Waals surface area contributed by atoms with E-state index in [2.05, 4.69) is 0 Å². The molecule has 0 fully saturated rings. The van der Waals surface area contributed by atoms with Crippen molar-refractivity contribution in [2.45, 2.75) is 0 Å². The smallest absolute Gasteiger partial charge is 1.00 e. The minimum Gasteiger partial charge on any atom is -1.00 e. The standard InChI is InChI=1S/Eu.K.H3O4P.H/c;;1-5(2,3)4;/h;;(H3,1,2,3,4);/q;+1;;-1. The van der Waals surface area contributed by atoms with E-state index in [0.29, 0.717) is 0 Å². The van der Waals surface area contributed by atoms with Crippen LogP contribution >= 0.6 is 7.82 Å². The van der Waals surface area contributed by atoms with Gasteiger partial charge in [0.25, 0.3) is 0 Å². The third kappa shape index (κ3) is 45.2. The van der Waals surface area contributed by atoms with Gasteiger partial charge in [0.1, 0.15) is 0 Å². The Labute approximate surface area is 126 Å². The molecule has 0 spiro atoms. The fourth-order valence-electron chi connectivity index (χ4n) is 0. The van der Waals surface area contributed by atoms with Gasteiger partial charge in [-0.15, -0.1) is 0 Å². The van der Waals surface area contributed by atoms with Crippen molar-refractivity contribution in [1.82, 2.24) is 0 Å². The van der Waals surface area contributed by atoms with Crippen molar-refractivity contribution in [1.29, 1.82) is 0 Å². The molecule has 7 heavy (non-hydrogen) atoms. The second-order valence-corrected chi connectivity index (χ2v) is 1.54. The Morgan fingerprint density at radius 2 is 1.29 bits per heavy atom. The number of hydrogen-bond donors (Lipinski definition) is 3. The largest absolute Gasteiger partial charge is 1.00 e. The van der Waals surface area contributed by atoms with Crippen LogP contribution in [0.4, 0.5) is 0 Å². The Morgan fingerprint density at radius 1 is 1.29 bits per heavy atom. The van der Waals surface area contributed by atoms with Crippen LogP contribution in [-0.4, -0.2) is 14.7 Å². The molecule has 0 unspecified atom stereocenters. The van der Waals surface area contributed by atoms with Crippen molar-refractivity contribution < 1.29 is 121 Å². The normalized spacial score (nSPS) is 8.43. The summed E-state index contributed by atoms with van der Waals surface area (Å²) in [5.41, 5.74) is 0.